The van der Waals surface area contributed by atoms with Gasteiger partial charge in [-0.2, -0.15) is 23.4 Å². The fourth-order valence-corrected chi connectivity index (χ4v) is 3.89. The number of halogens is 3. The summed E-state index contributed by atoms with van der Waals surface area (Å²) in [5, 5.41) is 9.39. The molecular weight excluding hydrogens is 459 g/mol. The van der Waals surface area contributed by atoms with E-state index in [1.165, 1.54) is 23.6 Å². The summed E-state index contributed by atoms with van der Waals surface area (Å²) in [5.74, 6) is 0.395. The zero-order valence-corrected chi connectivity index (χ0v) is 17.5. The summed E-state index contributed by atoms with van der Waals surface area (Å²) in [6.07, 6.45) is -3.32. The number of nitrogens with zero attached hydrogens (tertiary/aromatic N) is 4. The molecule has 1 aliphatic heterocycles. The second kappa shape index (κ2) is 8.20. The van der Waals surface area contributed by atoms with Crippen molar-refractivity contribution in [2.45, 2.75) is 6.18 Å². The average molecular weight is 473 g/mol. The molecule has 1 aromatic carbocycles. The third-order valence-corrected chi connectivity index (χ3v) is 5.56. The first-order valence-electron chi connectivity index (χ1n) is 9.63. The number of aromatic nitrogens is 3. The van der Waals surface area contributed by atoms with Crippen molar-refractivity contribution in [3.63, 3.8) is 0 Å². The molecule has 12 heteroatoms. The number of ether oxygens (including phenoxy) is 2. The second-order valence-electron chi connectivity index (χ2n) is 6.90. The summed E-state index contributed by atoms with van der Waals surface area (Å²) in [6.45, 7) is 0.898. The zero-order valence-electron chi connectivity index (χ0n) is 16.7. The van der Waals surface area contributed by atoms with E-state index >= 15 is 0 Å². The molecule has 168 valence electrons. The highest BCUT2D eigenvalue weighted by atomic mass is 32.1. The highest BCUT2D eigenvalue weighted by molar-refractivity contribution is 7.13. The number of benzene rings is 1. The van der Waals surface area contributed by atoms with E-state index in [1.54, 1.807) is 35.7 Å². The van der Waals surface area contributed by atoms with Crippen LogP contribution >= 0.6 is 11.3 Å². The van der Waals surface area contributed by atoms with Crippen molar-refractivity contribution in [2.75, 3.05) is 13.2 Å². The van der Waals surface area contributed by atoms with E-state index in [4.69, 9.17) is 9.47 Å². The van der Waals surface area contributed by atoms with Crippen molar-refractivity contribution in [2.24, 2.45) is 5.10 Å². The van der Waals surface area contributed by atoms with Crippen molar-refractivity contribution >= 4 is 29.1 Å². The van der Waals surface area contributed by atoms with Crippen LogP contribution in [0.25, 0.3) is 16.2 Å². The quantitative estimate of drug-likeness (QED) is 0.357. The van der Waals surface area contributed by atoms with E-state index in [9.17, 15) is 18.0 Å². The molecule has 0 unspecified atom stereocenters. The molecule has 4 heterocycles. The zero-order chi connectivity index (χ0) is 23.0. The number of thiophene rings is 1. The lowest BCUT2D eigenvalue weighted by atomic mass is 10.2. The van der Waals surface area contributed by atoms with Gasteiger partial charge in [0.2, 0.25) is 0 Å². The first-order chi connectivity index (χ1) is 15.9. The van der Waals surface area contributed by atoms with Gasteiger partial charge in [0.25, 0.3) is 5.91 Å². The molecule has 1 N–H and O–H groups in total. The summed E-state index contributed by atoms with van der Waals surface area (Å²) >= 11 is 1.26. The van der Waals surface area contributed by atoms with E-state index in [0.717, 1.165) is 6.07 Å². The SMILES string of the molecule is O=C(NN=Cc1ccc2c(c1)OCCO2)c1cc2nc(-c3cccs3)cc(C(F)(F)F)n2n1. The molecule has 0 atom stereocenters. The van der Waals surface area contributed by atoms with Crippen molar-refractivity contribution in [3.8, 4) is 22.1 Å². The maximum absolute atomic E-state index is 13.6. The molecule has 0 radical (unpaired) electrons. The fraction of sp³-hybridized carbons (Fsp3) is 0.143. The number of carbonyl (C=O) groups is 1. The molecule has 33 heavy (non-hydrogen) atoms. The Bertz CT molecular complexity index is 1370. The van der Waals surface area contributed by atoms with Crippen LogP contribution in [-0.4, -0.2) is 39.9 Å². The Labute approximate surface area is 188 Å². The Balaban J connectivity index is 1.40. The lowest BCUT2D eigenvalue weighted by Gasteiger charge is -2.18. The Morgan fingerprint density at radius 1 is 1.15 bits per heavy atom. The third kappa shape index (κ3) is 4.24. The van der Waals surface area contributed by atoms with Gasteiger partial charge in [0.15, 0.2) is 28.5 Å². The average Bonchev–Trinajstić information content (AvgIpc) is 3.47. The number of hydrazone groups is 1. The number of nitrogens with one attached hydrogen (secondary N) is 1. The molecule has 0 bridgehead atoms. The molecule has 0 spiro atoms. The Morgan fingerprint density at radius 3 is 2.73 bits per heavy atom. The minimum absolute atomic E-state index is 0.103. The highest BCUT2D eigenvalue weighted by Gasteiger charge is 2.35. The summed E-state index contributed by atoms with van der Waals surface area (Å²) in [4.78, 5) is 17.3. The molecule has 0 fully saturated rings. The van der Waals surface area contributed by atoms with Crippen molar-refractivity contribution in [3.05, 3.63) is 64.8 Å². The van der Waals surface area contributed by atoms with E-state index in [1.807, 2.05) is 0 Å². The lowest BCUT2D eigenvalue weighted by molar-refractivity contribution is -0.142. The van der Waals surface area contributed by atoms with Gasteiger partial charge < -0.3 is 9.47 Å². The molecule has 5 rings (SSSR count). The number of hydrogen-bond acceptors (Lipinski definition) is 7. The minimum atomic E-state index is -4.69. The van der Waals surface area contributed by atoms with Gasteiger partial charge in [-0.05, 0) is 41.3 Å². The lowest BCUT2D eigenvalue weighted by Crippen LogP contribution is -2.19. The number of amides is 1. The standard InChI is InChI=1S/C21H14F3N5O3S/c22-21(23,24)18-9-13(17-2-1-7-33-17)26-19-10-14(28-29(18)19)20(30)27-25-11-12-3-4-15-16(8-12)32-6-5-31-15/h1-4,7-11H,5-6H2,(H,27,30). The number of hydrogen-bond donors (Lipinski definition) is 1. The summed E-state index contributed by atoms with van der Waals surface area (Å²) in [5.41, 5.74) is 1.66. The van der Waals surface area contributed by atoms with Crippen LogP contribution in [0.15, 0.2) is 52.9 Å². The van der Waals surface area contributed by atoms with Crippen LogP contribution in [0.5, 0.6) is 11.5 Å². The highest BCUT2D eigenvalue weighted by Crippen LogP contribution is 2.33. The van der Waals surface area contributed by atoms with Gasteiger partial charge >= 0.3 is 6.18 Å². The van der Waals surface area contributed by atoms with Crippen molar-refractivity contribution in [1.82, 2.24) is 20.0 Å². The molecule has 1 amide bonds. The van der Waals surface area contributed by atoms with E-state index in [2.05, 4.69) is 20.6 Å². The van der Waals surface area contributed by atoms with Crippen molar-refractivity contribution < 1.29 is 27.4 Å². The smallest absolute Gasteiger partial charge is 0.433 e. The molecule has 0 saturated heterocycles. The topological polar surface area (TPSA) is 90.1 Å². The van der Waals surface area contributed by atoms with Crippen molar-refractivity contribution in [1.29, 1.82) is 0 Å². The monoisotopic (exact) mass is 473 g/mol. The Kier molecular flexibility index (Phi) is 5.21. The minimum Gasteiger partial charge on any atom is -0.486 e. The Morgan fingerprint density at radius 2 is 1.97 bits per heavy atom. The molecule has 0 aliphatic carbocycles. The van der Waals surface area contributed by atoms with Crippen LogP contribution < -0.4 is 14.9 Å². The molecular formula is C21H14F3N5O3S. The molecule has 1 aliphatic rings. The predicted octanol–water partition coefficient (Wildman–Crippen LogP) is 4.01. The third-order valence-electron chi connectivity index (χ3n) is 4.67. The van der Waals surface area contributed by atoms with Crippen LogP contribution in [0.1, 0.15) is 21.7 Å². The summed E-state index contributed by atoms with van der Waals surface area (Å²) < 4.78 is 52.4. The maximum Gasteiger partial charge on any atom is 0.433 e. The Hall–Kier alpha value is -3.93. The van der Waals surface area contributed by atoms with E-state index in [-0.39, 0.29) is 17.0 Å². The van der Waals surface area contributed by atoms with Gasteiger partial charge in [0, 0.05) is 6.07 Å². The van der Waals surface area contributed by atoms with Gasteiger partial charge in [-0.15, -0.1) is 11.3 Å². The van der Waals surface area contributed by atoms with Crippen LogP contribution in [-0.2, 0) is 6.18 Å². The normalized spacial score (nSPS) is 13.5. The number of alkyl halides is 3. The molecule has 3 aromatic heterocycles. The molecule has 4 aromatic rings. The van der Waals surface area contributed by atoms with Crippen LogP contribution in [0.4, 0.5) is 13.2 Å². The second-order valence-corrected chi connectivity index (χ2v) is 7.85. The molecule has 8 nitrogen and oxygen atoms in total. The van der Waals surface area contributed by atoms with Gasteiger partial charge in [-0.3, -0.25) is 4.79 Å². The predicted molar refractivity (Wildman–Crippen MR) is 114 cm³/mol. The number of fused-ring (bicyclic) bond motifs is 2. The summed E-state index contributed by atoms with van der Waals surface area (Å²) in [7, 11) is 0. The van der Waals surface area contributed by atoms with Gasteiger partial charge in [-0.1, -0.05) is 6.07 Å². The number of carbonyl (C=O) groups excluding carboxylic acids is 1. The molecule has 0 saturated carbocycles. The van der Waals surface area contributed by atoms with Gasteiger partial charge in [0.1, 0.15) is 13.2 Å². The first-order valence-corrected chi connectivity index (χ1v) is 10.5. The largest absolute Gasteiger partial charge is 0.486 e. The number of rotatable bonds is 4. The van der Waals surface area contributed by atoms with E-state index in [0.29, 0.717) is 39.7 Å². The van der Waals surface area contributed by atoms with Crippen LogP contribution in [0.2, 0.25) is 0 Å². The van der Waals surface area contributed by atoms with Gasteiger partial charge in [-0.25, -0.2) is 14.9 Å². The van der Waals surface area contributed by atoms with Crippen LogP contribution in [0.3, 0.4) is 0 Å². The maximum atomic E-state index is 13.6. The van der Waals surface area contributed by atoms with Gasteiger partial charge in [0.05, 0.1) is 16.8 Å². The van der Waals surface area contributed by atoms with Crippen LogP contribution in [0, 0.1) is 0 Å². The first kappa shape index (κ1) is 20.9. The summed E-state index contributed by atoms with van der Waals surface area (Å²) in [6, 6.07) is 10.6. The fourth-order valence-electron chi connectivity index (χ4n) is 3.20. The van der Waals surface area contributed by atoms with E-state index < -0.39 is 17.8 Å².